The Hall–Kier alpha value is -3.06. The maximum Gasteiger partial charge on any atom is 0.411 e. The molecular formula is C20H22F3N5O4S. The lowest BCUT2D eigenvalue weighted by atomic mass is 10.1. The highest BCUT2D eigenvalue weighted by Crippen LogP contribution is 2.37. The number of pyridine rings is 1. The number of carboxylic acid groups (broad SMARTS) is 1. The first kappa shape index (κ1) is 23.1. The molecule has 0 atom stereocenters. The fourth-order valence-corrected chi connectivity index (χ4v) is 5.36. The number of benzene rings is 1. The number of aromatic nitrogens is 1. The van der Waals surface area contributed by atoms with Crippen molar-refractivity contribution in [2.75, 3.05) is 59.7 Å². The molecule has 0 bridgehead atoms. The van der Waals surface area contributed by atoms with Crippen LogP contribution < -0.4 is 14.7 Å². The molecule has 33 heavy (non-hydrogen) atoms. The van der Waals surface area contributed by atoms with Gasteiger partial charge in [-0.3, -0.25) is 4.90 Å². The number of halogens is 3. The normalized spacial score (nSPS) is 17.7. The molecule has 2 aliphatic heterocycles. The van der Waals surface area contributed by atoms with Crippen molar-refractivity contribution in [2.45, 2.75) is 6.18 Å². The molecule has 13 heteroatoms. The van der Waals surface area contributed by atoms with Gasteiger partial charge in [-0.05, 0) is 24.3 Å². The number of rotatable bonds is 4. The van der Waals surface area contributed by atoms with E-state index in [1.54, 1.807) is 24.4 Å². The predicted molar refractivity (Wildman–Crippen MR) is 117 cm³/mol. The maximum absolute atomic E-state index is 12.5. The van der Waals surface area contributed by atoms with E-state index < -0.39 is 28.0 Å². The Morgan fingerprint density at radius 1 is 0.970 bits per heavy atom. The van der Waals surface area contributed by atoms with E-state index in [1.807, 2.05) is 28.0 Å². The molecule has 178 valence electrons. The lowest BCUT2D eigenvalue weighted by molar-refractivity contribution is -0.107. The summed E-state index contributed by atoms with van der Waals surface area (Å²) in [5.74, 6) is -1.23. The van der Waals surface area contributed by atoms with Crippen LogP contribution in [0.15, 0.2) is 42.6 Å². The average molecular weight is 485 g/mol. The molecule has 1 aromatic carbocycles. The second-order valence-electron chi connectivity index (χ2n) is 7.71. The van der Waals surface area contributed by atoms with E-state index >= 15 is 0 Å². The number of alkyl halides is 3. The van der Waals surface area contributed by atoms with E-state index in [1.165, 1.54) is 4.90 Å². The Balaban J connectivity index is 1.45. The van der Waals surface area contributed by atoms with E-state index in [-0.39, 0.29) is 32.7 Å². The van der Waals surface area contributed by atoms with Crippen LogP contribution in [0.5, 0.6) is 0 Å². The molecule has 0 aliphatic carbocycles. The van der Waals surface area contributed by atoms with Crippen molar-refractivity contribution >= 4 is 39.0 Å². The van der Waals surface area contributed by atoms with Gasteiger partial charge in [0.2, 0.25) is 10.0 Å². The third-order valence-electron chi connectivity index (χ3n) is 5.59. The number of para-hydroxylation sites is 2. The molecule has 3 heterocycles. The van der Waals surface area contributed by atoms with Gasteiger partial charge in [0, 0.05) is 39.3 Å². The van der Waals surface area contributed by atoms with Gasteiger partial charge >= 0.3 is 12.3 Å². The largest absolute Gasteiger partial charge is 0.465 e. The monoisotopic (exact) mass is 485 g/mol. The Labute approximate surface area is 188 Å². The zero-order chi connectivity index (χ0) is 23.8. The lowest BCUT2D eigenvalue weighted by Gasteiger charge is -2.37. The summed E-state index contributed by atoms with van der Waals surface area (Å²) in [6.07, 6.45) is -4.17. The van der Waals surface area contributed by atoms with Crippen molar-refractivity contribution in [1.29, 1.82) is 0 Å². The van der Waals surface area contributed by atoms with Gasteiger partial charge in [-0.15, -0.1) is 0 Å². The molecule has 0 radical (unpaired) electrons. The van der Waals surface area contributed by atoms with Crippen LogP contribution in [0, 0.1) is 0 Å². The second kappa shape index (κ2) is 8.71. The van der Waals surface area contributed by atoms with Gasteiger partial charge in [0.1, 0.15) is 5.82 Å². The Morgan fingerprint density at radius 3 is 2.21 bits per heavy atom. The molecule has 4 rings (SSSR count). The first-order valence-electron chi connectivity index (χ1n) is 10.2. The lowest BCUT2D eigenvalue weighted by Crippen LogP contribution is -2.50. The van der Waals surface area contributed by atoms with Crippen LogP contribution >= 0.6 is 0 Å². The standard InChI is InChI=1S/C20H22F3N5O4S/c21-20(22,23)14-33(31,32)26-9-7-25(8-10-26)15-5-6-18(24-13-15)27-11-12-28(19(29)30)17-4-2-1-3-16(17)27/h1-6,13H,7-12,14H2,(H,29,30). The summed E-state index contributed by atoms with van der Waals surface area (Å²) in [5, 5.41) is 9.44. The summed E-state index contributed by atoms with van der Waals surface area (Å²) < 4.78 is 62.4. The highest BCUT2D eigenvalue weighted by molar-refractivity contribution is 7.89. The molecule has 1 saturated heterocycles. The zero-order valence-electron chi connectivity index (χ0n) is 17.4. The fourth-order valence-electron chi connectivity index (χ4n) is 4.05. The summed E-state index contributed by atoms with van der Waals surface area (Å²) in [4.78, 5) is 21.1. The van der Waals surface area contributed by atoms with Gasteiger partial charge in [-0.2, -0.15) is 17.5 Å². The van der Waals surface area contributed by atoms with E-state index in [0.717, 1.165) is 15.7 Å². The van der Waals surface area contributed by atoms with Crippen LogP contribution in [0.1, 0.15) is 0 Å². The van der Waals surface area contributed by atoms with Crippen molar-refractivity contribution in [2.24, 2.45) is 0 Å². The number of fused-ring (bicyclic) bond motifs is 1. The van der Waals surface area contributed by atoms with Crippen molar-refractivity contribution in [3.8, 4) is 0 Å². The number of carbonyl (C=O) groups is 1. The van der Waals surface area contributed by atoms with Gasteiger partial charge in [0.05, 0.1) is 23.3 Å². The van der Waals surface area contributed by atoms with E-state index in [2.05, 4.69) is 4.98 Å². The van der Waals surface area contributed by atoms with Gasteiger partial charge in [0.25, 0.3) is 0 Å². The molecule has 0 unspecified atom stereocenters. The maximum atomic E-state index is 12.5. The van der Waals surface area contributed by atoms with Gasteiger partial charge in [-0.25, -0.2) is 18.2 Å². The molecule has 1 N–H and O–H groups in total. The Kier molecular flexibility index (Phi) is 6.10. The molecule has 9 nitrogen and oxygen atoms in total. The van der Waals surface area contributed by atoms with Gasteiger partial charge < -0.3 is 14.9 Å². The molecule has 1 amide bonds. The molecule has 1 aromatic heterocycles. The topological polar surface area (TPSA) is 97.3 Å². The first-order valence-corrected chi connectivity index (χ1v) is 11.8. The highest BCUT2D eigenvalue weighted by atomic mass is 32.2. The molecule has 1 fully saturated rings. The smallest absolute Gasteiger partial charge is 0.411 e. The predicted octanol–water partition coefficient (Wildman–Crippen LogP) is 2.73. The number of hydrogen-bond donors (Lipinski definition) is 1. The molecule has 0 saturated carbocycles. The third-order valence-corrected chi connectivity index (χ3v) is 7.44. The van der Waals surface area contributed by atoms with Crippen molar-refractivity contribution in [3.05, 3.63) is 42.6 Å². The highest BCUT2D eigenvalue weighted by Gasteiger charge is 2.39. The molecule has 0 spiro atoms. The zero-order valence-corrected chi connectivity index (χ0v) is 18.3. The molecule has 2 aromatic rings. The quantitative estimate of drug-likeness (QED) is 0.711. The second-order valence-corrected chi connectivity index (χ2v) is 9.68. The van der Waals surface area contributed by atoms with Crippen molar-refractivity contribution in [3.63, 3.8) is 0 Å². The number of amides is 1. The number of hydrogen-bond acceptors (Lipinski definition) is 6. The van der Waals surface area contributed by atoms with Gasteiger partial charge in [-0.1, -0.05) is 12.1 Å². The van der Waals surface area contributed by atoms with Crippen LogP contribution in [0.3, 0.4) is 0 Å². The minimum Gasteiger partial charge on any atom is -0.465 e. The van der Waals surface area contributed by atoms with Crippen LogP contribution in [0.2, 0.25) is 0 Å². The summed E-state index contributed by atoms with van der Waals surface area (Å²) in [7, 11) is -4.39. The number of anilines is 4. The number of sulfonamides is 1. The minimum absolute atomic E-state index is 0.0370. The van der Waals surface area contributed by atoms with Crippen LogP contribution in [-0.2, 0) is 10.0 Å². The summed E-state index contributed by atoms with van der Waals surface area (Å²) >= 11 is 0. The SMILES string of the molecule is O=C(O)N1CCN(c2ccc(N3CCN(S(=O)(=O)CC(F)(F)F)CC3)cn2)c2ccccc21. The number of nitrogens with zero attached hydrogens (tertiary/aromatic N) is 5. The summed E-state index contributed by atoms with van der Waals surface area (Å²) in [6.45, 7) is 1.13. The van der Waals surface area contributed by atoms with Crippen molar-refractivity contribution < 1.29 is 31.5 Å². The molecular weight excluding hydrogens is 463 g/mol. The summed E-state index contributed by atoms with van der Waals surface area (Å²) in [5.41, 5.74) is 2.01. The third kappa shape index (κ3) is 4.98. The van der Waals surface area contributed by atoms with Crippen molar-refractivity contribution in [1.82, 2.24) is 9.29 Å². The fraction of sp³-hybridized carbons (Fsp3) is 0.400. The minimum atomic E-state index is -4.77. The van der Waals surface area contributed by atoms with Gasteiger partial charge in [0.15, 0.2) is 5.75 Å². The van der Waals surface area contributed by atoms with Crippen LogP contribution in [0.4, 0.5) is 40.8 Å². The van der Waals surface area contributed by atoms with E-state index in [0.29, 0.717) is 18.1 Å². The van der Waals surface area contributed by atoms with E-state index in [9.17, 15) is 31.5 Å². The first-order chi connectivity index (χ1) is 15.5. The Morgan fingerprint density at radius 2 is 1.64 bits per heavy atom. The molecule has 2 aliphatic rings. The number of piperazine rings is 1. The Bertz CT molecular complexity index is 1120. The van der Waals surface area contributed by atoms with E-state index in [4.69, 9.17) is 0 Å². The van der Waals surface area contributed by atoms with Crippen LogP contribution in [0.25, 0.3) is 0 Å². The average Bonchev–Trinajstić information content (AvgIpc) is 2.77. The van der Waals surface area contributed by atoms with Crippen LogP contribution in [-0.4, -0.2) is 80.1 Å². The summed E-state index contributed by atoms with van der Waals surface area (Å²) in [6, 6.07) is 10.7.